The first-order valence-corrected chi connectivity index (χ1v) is 11.0. The van der Waals surface area contributed by atoms with Crippen molar-refractivity contribution in [1.82, 2.24) is 4.57 Å². The molecule has 1 aromatic heterocycles. The number of nitrogens with zero attached hydrogens (tertiary/aromatic N) is 3. The van der Waals surface area contributed by atoms with E-state index < -0.39 is 5.91 Å². The zero-order valence-electron chi connectivity index (χ0n) is 17.5. The minimum absolute atomic E-state index is 0.0403. The van der Waals surface area contributed by atoms with Gasteiger partial charge in [0.1, 0.15) is 5.75 Å². The summed E-state index contributed by atoms with van der Waals surface area (Å²) in [6, 6.07) is 7.75. The number of aromatic hydroxyl groups is 1. The second-order valence-electron chi connectivity index (χ2n) is 7.50. The highest BCUT2D eigenvalue weighted by atomic mass is 79.9. The summed E-state index contributed by atoms with van der Waals surface area (Å²) < 4.78 is 9.20. The molecule has 0 fully saturated rings. The maximum absolute atomic E-state index is 12.4. The van der Waals surface area contributed by atoms with Crippen LogP contribution in [0.5, 0.6) is 11.6 Å². The molecular weight excluding hydrogens is 514 g/mol. The van der Waals surface area contributed by atoms with Crippen molar-refractivity contribution in [3.05, 3.63) is 49.9 Å². The lowest BCUT2D eigenvalue weighted by atomic mass is 10.0. The molecule has 1 N–H and O–H groups in total. The van der Waals surface area contributed by atoms with Gasteiger partial charge in [-0.3, -0.25) is 4.79 Å². The number of rotatable bonds is 5. The van der Waals surface area contributed by atoms with Gasteiger partial charge in [-0.1, -0.05) is 41.4 Å². The Balaban J connectivity index is 1.84. The number of carbonyl (C=O) groups excluding carboxylic acids is 1. The number of ether oxygens (including phenoxy) is 1. The lowest BCUT2D eigenvalue weighted by Gasteiger charge is -2.17. The van der Waals surface area contributed by atoms with E-state index in [9.17, 15) is 9.90 Å². The van der Waals surface area contributed by atoms with E-state index in [1.165, 1.54) is 0 Å². The summed E-state index contributed by atoms with van der Waals surface area (Å²) in [6.45, 7) is 7.77. The molecule has 0 aliphatic carbocycles. The number of carbonyl (C=O) groups is 1. The van der Waals surface area contributed by atoms with Gasteiger partial charge in [-0.05, 0) is 65.0 Å². The van der Waals surface area contributed by atoms with Crippen LogP contribution in [0, 0.1) is 13.8 Å². The third-order valence-corrected chi connectivity index (χ3v) is 6.73. The Kier molecular flexibility index (Phi) is 6.67. The van der Waals surface area contributed by atoms with Gasteiger partial charge >= 0.3 is 5.91 Å². The topological polar surface area (TPSA) is 76.2 Å². The number of fused-ring (bicyclic) bond motifs is 1. The van der Waals surface area contributed by atoms with Crippen LogP contribution in [0.4, 0.5) is 5.69 Å². The summed E-state index contributed by atoms with van der Waals surface area (Å²) in [7, 11) is 1.73. The fourth-order valence-electron chi connectivity index (χ4n) is 3.18. The van der Waals surface area contributed by atoms with Gasteiger partial charge in [0.15, 0.2) is 12.3 Å². The highest BCUT2D eigenvalue weighted by molar-refractivity contribution is 9.11. The van der Waals surface area contributed by atoms with Crippen LogP contribution in [0.25, 0.3) is 10.9 Å². The Morgan fingerprint density at radius 2 is 1.93 bits per heavy atom. The first-order valence-electron chi connectivity index (χ1n) is 9.45. The lowest BCUT2D eigenvalue weighted by Crippen LogP contribution is -2.10. The van der Waals surface area contributed by atoms with Crippen molar-refractivity contribution >= 4 is 54.4 Å². The Bertz CT molecular complexity index is 1170. The van der Waals surface area contributed by atoms with E-state index in [2.05, 4.69) is 55.9 Å². The molecule has 0 saturated carbocycles. The van der Waals surface area contributed by atoms with Gasteiger partial charge in [0.25, 0.3) is 0 Å². The molecule has 2 aromatic carbocycles. The van der Waals surface area contributed by atoms with Crippen molar-refractivity contribution < 1.29 is 14.6 Å². The van der Waals surface area contributed by atoms with Crippen LogP contribution in [0.2, 0.25) is 0 Å². The van der Waals surface area contributed by atoms with Crippen LogP contribution in [0.1, 0.15) is 36.5 Å². The predicted octanol–water partition coefficient (Wildman–Crippen LogP) is 6.84. The van der Waals surface area contributed by atoms with Gasteiger partial charge < -0.3 is 14.4 Å². The molecule has 0 saturated heterocycles. The minimum atomic E-state index is -0.541. The molecule has 0 aliphatic heterocycles. The highest BCUT2D eigenvalue weighted by Gasteiger charge is 2.18. The van der Waals surface area contributed by atoms with Gasteiger partial charge in [-0.2, -0.15) is 0 Å². The van der Waals surface area contributed by atoms with Crippen molar-refractivity contribution in [3.8, 4) is 11.6 Å². The van der Waals surface area contributed by atoms with E-state index >= 15 is 0 Å². The highest BCUT2D eigenvalue weighted by Crippen LogP contribution is 2.40. The lowest BCUT2D eigenvalue weighted by molar-refractivity contribution is -0.120. The molecular formula is C22H23Br2N3O3. The van der Waals surface area contributed by atoms with Crippen molar-refractivity contribution in [1.29, 1.82) is 0 Å². The van der Waals surface area contributed by atoms with E-state index in [4.69, 9.17) is 4.74 Å². The van der Waals surface area contributed by atoms with E-state index in [1.54, 1.807) is 11.6 Å². The zero-order chi connectivity index (χ0) is 22.2. The normalized spacial score (nSPS) is 11.7. The molecule has 1 heterocycles. The third kappa shape index (κ3) is 4.30. The van der Waals surface area contributed by atoms with Crippen LogP contribution in [0.3, 0.4) is 0 Å². The van der Waals surface area contributed by atoms with Crippen molar-refractivity contribution in [3.63, 3.8) is 0 Å². The van der Waals surface area contributed by atoms with Gasteiger partial charge in [-0.25, -0.2) is 0 Å². The number of halogens is 2. The van der Waals surface area contributed by atoms with Crippen LogP contribution in [-0.4, -0.2) is 22.2 Å². The van der Waals surface area contributed by atoms with Crippen LogP contribution in [-0.2, 0) is 11.8 Å². The van der Waals surface area contributed by atoms with Crippen molar-refractivity contribution in [2.45, 2.75) is 33.6 Å². The third-order valence-electron chi connectivity index (χ3n) is 4.95. The fraction of sp³-hybridized carbons (Fsp3) is 0.318. The Hall–Kier alpha value is -2.19. The number of hydrogen-bond donors (Lipinski definition) is 1. The largest absolute Gasteiger partial charge is 0.493 e. The predicted molar refractivity (Wildman–Crippen MR) is 125 cm³/mol. The average molecular weight is 537 g/mol. The van der Waals surface area contributed by atoms with E-state index in [-0.39, 0.29) is 24.1 Å². The van der Waals surface area contributed by atoms with Crippen LogP contribution in [0.15, 0.2) is 43.4 Å². The molecule has 6 nitrogen and oxygen atoms in total. The van der Waals surface area contributed by atoms with E-state index in [0.29, 0.717) is 5.75 Å². The summed E-state index contributed by atoms with van der Waals surface area (Å²) >= 11 is 7.12. The number of aromatic nitrogens is 1. The molecule has 1 amide bonds. The van der Waals surface area contributed by atoms with Gasteiger partial charge in [0.2, 0.25) is 5.88 Å². The first kappa shape index (κ1) is 22.5. The maximum Gasteiger partial charge on any atom is 0.302 e. The number of amides is 1. The molecule has 8 heteroatoms. The van der Waals surface area contributed by atoms with Crippen molar-refractivity contribution in [2.75, 3.05) is 6.61 Å². The van der Waals surface area contributed by atoms with Gasteiger partial charge in [0.05, 0.1) is 9.99 Å². The molecule has 0 atom stereocenters. The van der Waals surface area contributed by atoms with Gasteiger partial charge in [0, 0.05) is 16.9 Å². The molecule has 0 aliphatic rings. The minimum Gasteiger partial charge on any atom is -0.493 e. The monoisotopic (exact) mass is 535 g/mol. The van der Waals surface area contributed by atoms with Crippen LogP contribution >= 0.6 is 31.9 Å². The summed E-state index contributed by atoms with van der Waals surface area (Å²) in [4.78, 5) is 12.4. The summed E-state index contributed by atoms with van der Waals surface area (Å²) in [5.74, 6) is 0.251. The quantitative estimate of drug-likeness (QED) is 0.363. The van der Waals surface area contributed by atoms with Gasteiger partial charge in [-0.15, -0.1) is 10.2 Å². The standard InChI is InChI=1S/C22H23Br2N3O3/c1-11(2)14-9-16(23)13(4)19(24)21(14)30-10-18(28)25-26-20-15-8-12(3)6-7-17(15)27(5)22(20)29/h6-9,11,29H,10H2,1-5H3. The van der Waals surface area contributed by atoms with E-state index in [0.717, 1.165) is 36.5 Å². The maximum atomic E-state index is 12.4. The molecule has 0 radical (unpaired) electrons. The number of hydrogen-bond acceptors (Lipinski definition) is 4. The van der Waals surface area contributed by atoms with Crippen LogP contribution < -0.4 is 4.74 Å². The molecule has 30 heavy (non-hydrogen) atoms. The smallest absolute Gasteiger partial charge is 0.302 e. The molecule has 3 aromatic rings. The summed E-state index contributed by atoms with van der Waals surface area (Å²) in [5, 5.41) is 18.9. The molecule has 0 spiro atoms. The SMILES string of the molecule is Cc1ccc2c(c1)c(N=NC(=O)COc1c(C(C)C)cc(Br)c(C)c1Br)c(O)n2C. The number of azo groups is 1. The Morgan fingerprint density at radius 1 is 1.23 bits per heavy atom. The molecule has 3 rings (SSSR count). The molecule has 0 bridgehead atoms. The number of aryl methyl sites for hydroxylation is 2. The second kappa shape index (κ2) is 8.89. The fourth-order valence-corrected chi connectivity index (χ4v) is 4.45. The average Bonchev–Trinajstić information content (AvgIpc) is 2.93. The second-order valence-corrected chi connectivity index (χ2v) is 9.15. The van der Waals surface area contributed by atoms with Crippen molar-refractivity contribution in [2.24, 2.45) is 17.3 Å². The summed E-state index contributed by atoms with van der Waals surface area (Å²) in [6.07, 6.45) is 0. The molecule has 0 unspecified atom stereocenters. The summed E-state index contributed by atoms with van der Waals surface area (Å²) in [5.41, 5.74) is 4.07. The molecule has 158 valence electrons. The Labute approximate surface area is 192 Å². The zero-order valence-corrected chi connectivity index (χ0v) is 20.6. The number of benzene rings is 2. The first-order chi connectivity index (χ1) is 14.1. The van der Waals surface area contributed by atoms with E-state index in [1.807, 2.05) is 38.1 Å². The Morgan fingerprint density at radius 3 is 2.60 bits per heavy atom.